The third kappa shape index (κ3) is 4.49. The number of halogens is 1. The van der Waals surface area contributed by atoms with Crippen molar-refractivity contribution in [3.05, 3.63) is 35.7 Å². The van der Waals surface area contributed by atoms with Gasteiger partial charge in [-0.15, -0.1) is 0 Å². The molecule has 0 heterocycles. The van der Waals surface area contributed by atoms with Crippen LogP contribution >= 0.6 is 0 Å². The highest BCUT2D eigenvalue weighted by Gasteiger charge is 2.59. The largest absolute Gasteiger partial charge is 0.351 e. The Labute approximate surface area is 187 Å². The molecule has 0 aliphatic heterocycles. The minimum absolute atomic E-state index is 0.0119. The summed E-state index contributed by atoms with van der Waals surface area (Å²) in [6.07, 6.45) is 6.36. The van der Waals surface area contributed by atoms with Crippen molar-refractivity contribution in [3.63, 3.8) is 0 Å². The van der Waals surface area contributed by atoms with Gasteiger partial charge in [-0.05, 0) is 107 Å². The number of benzene rings is 1. The molecule has 1 amide bonds. The van der Waals surface area contributed by atoms with Crippen molar-refractivity contribution < 1.29 is 9.18 Å². The molecule has 0 aromatic heterocycles. The molecule has 5 atom stereocenters. The average molecular weight is 427 g/mol. The number of rotatable bonds is 5. The van der Waals surface area contributed by atoms with Gasteiger partial charge in [0, 0.05) is 17.0 Å². The fourth-order valence-corrected chi connectivity index (χ4v) is 6.30. The van der Waals surface area contributed by atoms with Crippen LogP contribution in [0.15, 0.2) is 29.3 Å². The first-order valence-corrected chi connectivity index (χ1v) is 11.6. The van der Waals surface area contributed by atoms with Crippen LogP contribution in [-0.2, 0) is 4.79 Å². The number of nitrogens with zero attached hydrogens (tertiary/aromatic N) is 1. The highest BCUT2D eigenvalue weighted by molar-refractivity contribution is 5.79. The van der Waals surface area contributed by atoms with Gasteiger partial charge in [-0.1, -0.05) is 26.8 Å². The van der Waals surface area contributed by atoms with E-state index in [1.165, 1.54) is 11.6 Å². The number of aliphatic imine (C=N–C) groups is 1. The average Bonchev–Trinajstić information content (AvgIpc) is 3.04. The molecule has 170 valence electrons. The first-order chi connectivity index (χ1) is 14.3. The van der Waals surface area contributed by atoms with Crippen molar-refractivity contribution in [2.45, 2.75) is 79.7 Å². The zero-order chi connectivity index (χ0) is 23.2. The lowest BCUT2D eigenvalue weighted by Crippen LogP contribution is -2.44. The SMILES string of the molecule is C=Nc1ccc(F)cc1/C(=C\C)[C@H]1C[C@@]2(C)C[C@H](C(C)C(=O)NC(C)(C)C)C[C@@]2(C)C1. The molecular weight excluding hydrogens is 387 g/mol. The summed E-state index contributed by atoms with van der Waals surface area (Å²) >= 11 is 0. The molecule has 2 saturated carbocycles. The van der Waals surface area contributed by atoms with Crippen LogP contribution in [0.5, 0.6) is 0 Å². The van der Waals surface area contributed by atoms with Crippen molar-refractivity contribution in [2.24, 2.45) is 33.6 Å². The Morgan fingerprint density at radius 3 is 2.29 bits per heavy atom. The summed E-state index contributed by atoms with van der Waals surface area (Å²) in [4.78, 5) is 16.9. The van der Waals surface area contributed by atoms with Crippen LogP contribution in [0.3, 0.4) is 0 Å². The van der Waals surface area contributed by atoms with E-state index in [1.807, 2.05) is 27.7 Å². The van der Waals surface area contributed by atoms with Crippen molar-refractivity contribution >= 4 is 23.9 Å². The Kier molecular flexibility index (Phi) is 6.25. The van der Waals surface area contributed by atoms with Gasteiger partial charge in [0.1, 0.15) is 5.82 Å². The highest BCUT2D eigenvalue weighted by atomic mass is 19.1. The van der Waals surface area contributed by atoms with E-state index in [1.54, 1.807) is 12.1 Å². The molecular formula is C27H39FN2O. The van der Waals surface area contributed by atoms with Crippen LogP contribution in [0, 0.1) is 34.4 Å². The Hall–Kier alpha value is -1.97. The van der Waals surface area contributed by atoms with E-state index in [9.17, 15) is 9.18 Å². The van der Waals surface area contributed by atoms with E-state index >= 15 is 0 Å². The topological polar surface area (TPSA) is 41.5 Å². The van der Waals surface area contributed by atoms with Gasteiger partial charge in [0.15, 0.2) is 0 Å². The Balaban J connectivity index is 1.81. The standard InChI is InChI=1S/C27H39FN2O/c1-9-21(22-12-20(28)10-11-23(22)29-8)19-15-26(6)13-18(14-27(26,7)16-19)17(2)24(31)30-25(3,4)5/h9-12,17-19H,8,13-16H2,1-7H3,(H,30,31)/b21-9-/t17?,18-,19-,26+,27-. The van der Waals surface area contributed by atoms with Crippen LogP contribution in [0.2, 0.25) is 0 Å². The Bertz CT molecular complexity index is 879. The summed E-state index contributed by atoms with van der Waals surface area (Å²) in [5.41, 5.74) is 2.91. The lowest BCUT2D eigenvalue weighted by Gasteiger charge is -2.34. The molecule has 3 nitrogen and oxygen atoms in total. The number of carbonyl (C=O) groups is 1. The predicted molar refractivity (Wildman–Crippen MR) is 128 cm³/mol. The lowest BCUT2D eigenvalue weighted by atomic mass is 9.71. The molecule has 4 heteroatoms. The normalized spacial score (nSPS) is 31.9. The number of amides is 1. The second kappa shape index (κ2) is 8.18. The molecule has 1 N–H and O–H groups in total. The first kappa shape index (κ1) is 23.7. The maximum atomic E-state index is 14.1. The summed E-state index contributed by atoms with van der Waals surface area (Å²) in [6, 6.07) is 4.76. The number of hydrogen-bond donors (Lipinski definition) is 1. The second-order valence-corrected chi connectivity index (χ2v) is 11.5. The molecule has 31 heavy (non-hydrogen) atoms. The summed E-state index contributed by atoms with van der Waals surface area (Å²) < 4.78 is 14.1. The van der Waals surface area contributed by atoms with E-state index in [0.29, 0.717) is 11.8 Å². The zero-order valence-corrected chi connectivity index (χ0v) is 20.3. The van der Waals surface area contributed by atoms with Gasteiger partial charge in [-0.2, -0.15) is 0 Å². The predicted octanol–water partition coefficient (Wildman–Crippen LogP) is 6.94. The molecule has 0 bridgehead atoms. The molecule has 0 radical (unpaired) electrons. The molecule has 2 aliphatic carbocycles. The van der Waals surface area contributed by atoms with Gasteiger partial charge in [0.05, 0.1) is 5.69 Å². The maximum Gasteiger partial charge on any atom is 0.223 e. The molecule has 1 aromatic rings. The van der Waals surface area contributed by atoms with E-state index < -0.39 is 0 Å². The van der Waals surface area contributed by atoms with Gasteiger partial charge in [0.2, 0.25) is 5.91 Å². The number of hydrogen-bond acceptors (Lipinski definition) is 2. The minimum atomic E-state index is -0.240. The van der Waals surface area contributed by atoms with E-state index in [-0.39, 0.29) is 34.0 Å². The molecule has 2 fully saturated rings. The fourth-order valence-electron chi connectivity index (χ4n) is 6.30. The number of allylic oxidation sites excluding steroid dienone is 2. The molecule has 2 aliphatic rings. The van der Waals surface area contributed by atoms with Crippen LogP contribution < -0.4 is 5.32 Å². The van der Waals surface area contributed by atoms with Crippen LogP contribution in [0.1, 0.15) is 79.7 Å². The van der Waals surface area contributed by atoms with Crippen LogP contribution in [0.4, 0.5) is 10.1 Å². The number of nitrogens with one attached hydrogen (secondary N) is 1. The van der Waals surface area contributed by atoms with E-state index in [0.717, 1.165) is 36.9 Å². The van der Waals surface area contributed by atoms with Gasteiger partial charge in [0.25, 0.3) is 0 Å². The molecule has 0 spiro atoms. The Morgan fingerprint density at radius 2 is 1.81 bits per heavy atom. The third-order valence-electron chi connectivity index (χ3n) is 8.09. The van der Waals surface area contributed by atoms with Gasteiger partial charge >= 0.3 is 0 Å². The molecule has 1 aromatic carbocycles. The summed E-state index contributed by atoms with van der Waals surface area (Å²) in [7, 11) is 0. The summed E-state index contributed by atoms with van der Waals surface area (Å²) in [5, 5.41) is 3.16. The quantitative estimate of drug-likeness (QED) is 0.509. The van der Waals surface area contributed by atoms with Gasteiger partial charge < -0.3 is 5.32 Å². The number of carbonyl (C=O) groups excluding carboxylic acids is 1. The minimum Gasteiger partial charge on any atom is -0.351 e. The smallest absolute Gasteiger partial charge is 0.223 e. The van der Waals surface area contributed by atoms with Gasteiger partial charge in [-0.3, -0.25) is 9.79 Å². The molecule has 3 rings (SSSR count). The number of fused-ring (bicyclic) bond motifs is 1. The van der Waals surface area contributed by atoms with Crippen molar-refractivity contribution in [3.8, 4) is 0 Å². The van der Waals surface area contributed by atoms with Crippen molar-refractivity contribution in [1.29, 1.82) is 0 Å². The van der Waals surface area contributed by atoms with Crippen molar-refractivity contribution in [2.75, 3.05) is 0 Å². The van der Waals surface area contributed by atoms with Gasteiger partial charge in [-0.25, -0.2) is 4.39 Å². The fraction of sp³-hybridized carbons (Fsp3) is 0.630. The van der Waals surface area contributed by atoms with E-state index in [2.05, 4.69) is 43.9 Å². The van der Waals surface area contributed by atoms with E-state index in [4.69, 9.17) is 0 Å². The second-order valence-electron chi connectivity index (χ2n) is 11.5. The zero-order valence-electron chi connectivity index (χ0n) is 20.3. The summed E-state index contributed by atoms with van der Waals surface area (Å²) in [6.45, 7) is 18.7. The van der Waals surface area contributed by atoms with Crippen LogP contribution in [0.25, 0.3) is 5.57 Å². The third-order valence-corrected chi connectivity index (χ3v) is 8.09. The monoisotopic (exact) mass is 426 g/mol. The highest BCUT2D eigenvalue weighted by Crippen LogP contribution is 2.68. The maximum absolute atomic E-state index is 14.1. The molecule has 0 saturated heterocycles. The summed E-state index contributed by atoms with van der Waals surface area (Å²) in [5.74, 6) is 0.694. The Morgan fingerprint density at radius 1 is 1.23 bits per heavy atom. The van der Waals surface area contributed by atoms with Crippen LogP contribution in [-0.4, -0.2) is 18.2 Å². The lowest BCUT2D eigenvalue weighted by molar-refractivity contribution is -0.127. The molecule has 1 unspecified atom stereocenters. The van der Waals surface area contributed by atoms with Crippen molar-refractivity contribution in [1.82, 2.24) is 5.32 Å². The first-order valence-electron chi connectivity index (χ1n) is 11.6.